The Hall–Kier alpha value is -5.26. The minimum atomic E-state index is -0.719. The van der Waals surface area contributed by atoms with E-state index in [4.69, 9.17) is 4.99 Å². The number of hydrogen-bond acceptors (Lipinski definition) is 4. The highest BCUT2D eigenvalue weighted by Gasteiger charge is 2.43. The minimum absolute atomic E-state index is 0.167. The van der Waals surface area contributed by atoms with Crippen molar-refractivity contribution < 1.29 is 0 Å². The fourth-order valence-corrected chi connectivity index (χ4v) is 6.14. The van der Waals surface area contributed by atoms with Crippen molar-refractivity contribution in [1.82, 2.24) is 4.57 Å². The fourth-order valence-electron chi connectivity index (χ4n) is 6.14. The van der Waals surface area contributed by atoms with Crippen molar-refractivity contribution in [3.63, 3.8) is 0 Å². The molecule has 1 unspecified atom stereocenters. The molecule has 7 rings (SSSR count). The SMILES string of the molecule is CC12CC(c3ccccc3)=CC(c3ccccc3)=C1N=c1c3ccc(C#N)c4c(C#N)ccc(c(=O)n12)c43. The van der Waals surface area contributed by atoms with Crippen LogP contribution in [0.3, 0.4) is 0 Å². The Labute approximate surface area is 218 Å². The van der Waals surface area contributed by atoms with Crippen molar-refractivity contribution in [3.8, 4) is 12.1 Å². The third kappa shape index (κ3) is 2.85. The normalized spacial score (nSPS) is 17.9. The second-order valence-electron chi connectivity index (χ2n) is 9.99. The number of pyridine rings is 1. The molecule has 0 amide bonds. The molecule has 0 N–H and O–H groups in total. The first-order valence-electron chi connectivity index (χ1n) is 12.4. The summed E-state index contributed by atoms with van der Waals surface area (Å²) in [4.78, 5) is 19.4. The van der Waals surface area contributed by atoms with Gasteiger partial charge in [0.1, 0.15) is 5.49 Å². The van der Waals surface area contributed by atoms with Gasteiger partial charge in [0.2, 0.25) is 0 Å². The Morgan fingerprint density at radius 3 is 2.03 bits per heavy atom. The minimum Gasteiger partial charge on any atom is -0.280 e. The van der Waals surface area contributed by atoms with E-state index in [1.54, 1.807) is 18.2 Å². The molecule has 1 aliphatic heterocycles. The summed E-state index contributed by atoms with van der Waals surface area (Å²) in [5.74, 6) is 0. The molecule has 178 valence electrons. The molecule has 1 aliphatic carbocycles. The lowest BCUT2D eigenvalue weighted by molar-refractivity contribution is 0.397. The second kappa shape index (κ2) is 7.87. The Bertz CT molecular complexity index is 2070. The van der Waals surface area contributed by atoms with E-state index in [0.29, 0.717) is 39.2 Å². The lowest BCUT2D eigenvalue weighted by Gasteiger charge is -2.34. The highest BCUT2D eigenvalue weighted by molar-refractivity contribution is 6.13. The Kier molecular flexibility index (Phi) is 4.55. The van der Waals surface area contributed by atoms with Crippen LogP contribution in [0.15, 0.2) is 106 Å². The molecule has 5 aromatic rings. The smallest absolute Gasteiger partial charge is 0.260 e. The summed E-state index contributed by atoms with van der Waals surface area (Å²) in [6.45, 7) is 2.09. The Balaban J connectivity index is 1.64. The molecule has 0 radical (unpaired) electrons. The van der Waals surface area contributed by atoms with Crippen molar-refractivity contribution in [2.45, 2.75) is 18.9 Å². The van der Waals surface area contributed by atoms with Gasteiger partial charge in [-0.2, -0.15) is 10.5 Å². The Morgan fingerprint density at radius 2 is 1.39 bits per heavy atom. The molecular formula is C33H20N4O. The zero-order chi connectivity index (χ0) is 26.0. The van der Waals surface area contributed by atoms with Crippen molar-refractivity contribution >= 4 is 32.7 Å². The van der Waals surface area contributed by atoms with E-state index in [9.17, 15) is 15.3 Å². The van der Waals surface area contributed by atoms with Gasteiger partial charge in [-0.3, -0.25) is 9.36 Å². The van der Waals surface area contributed by atoms with E-state index in [-0.39, 0.29) is 5.56 Å². The number of fused-ring (bicyclic) bond motifs is 4. The molecule has 0 fully saturated rings. The van der Waals surface area contributed by atoms with Gasteiger partial charge in [0.15, 0.2) is 0 Å². The van der Waals surface area contributed by atoms with Gasteiger partial charge < -0.3 is 0 Å². The van der Waals surface area contributed by atoms with Gasteiger partial charge in [-0.15, -0.1) is 0 Å². The van der Waals surface area contributed by atoms with Crippen LogP contribution < -0.4 is 11.0 Å². The van der Waals surface area contributed by atoms with Crippen LogP contribution in [0.25, 0.3) is 32.7 Å². The predicted molar refractivity (Wildman–Crippen MR) is 148 cm³/mol. The van der Waals surface area contributed by atoms with Crippen LogP contribution >= 0.6 is 0 Å². The summed E-state index contributed by atoms with van der Waals surface area (Å²) in [7, 11) is 0. The first-order valence-corrected chi connectivity index (χ1v) is 12.4. The van der Waals surface area contributed by atoms with Crippen LogP contribution in [0.5, 0.6) is 0 Å². The molecule has 0 spiro atoms. The van der Waals surface area contributed by atoms with Gasteiger partial charge in [-0.1, -0.05) is 60.7 Å². The molecule has 2 aliphatic rings. The van der Waals surface area contributed by atoms with Crippen molar-refractivity contribution in [2.75, 3.05) is 0 Å². The first-order chi connectivity index (χ1) is 18.5. The molecular weight excluding hydrogens is 468 g/mol. The van der Waals surface area contributed by atoms with Crippen LogP contribution in [0.4, 0.5) is 0 Å². The van der Waals surface area contributed by atoms with Crippen molar-refractivity contribution in [1.29, 1.82) is 10.5 Å². The molecule has 0 saturated heterocycles. The van der Waals surface area contributed by atoms with Crippen molar-refractivity contribution in [2.24, 2.45) is 4.99 Å². The molecule has 38 heavy (non-hydrogen) atoms. The van der Waals surface area contributed by atoms with E-state index >= 15 is 0 Å². The van der Waals surface area contributed by atoms with E-state index in [1.165, 1.54) is 0 Å². The number of nitrogens with zero attached hydrogens (tertiary/aromatic N) is 4. The van der Waals surface area contributed by atoms with Crippen LogP contribution in [0.2, 0.25) is 0 Å². The molecule has 5 nitrogen and oxygen atoms in total. The largest absolute Gasteiger partial charge is 0.280 e. The second-order valence-corrected chi connectivity index (χ2v) is 9.99. The fraction of sp³-hybridized carbons (Fsp3) is 0.0909. The van der Waals surface area contributed by atoms with Gasteiger partial charge in [0, 0.05) is 33.5 Å². The number of nitriles is 2. The van der Waals surface area contributed by atoms with Gasteiger partial charge in [-0.25, -0.2) is 4.99 Å². The zero-order valence-corrected chi connectivity index (χ0v) is 20.6. The molecule has 0 bridgehead atoms. The summed E-state index contributed by atoms with van der Waals surface area (Å²) >= 11 is 0. The maximum absolute atomic E-state index is 14.3. The van der Waals surface area contributed by atoms with Crippen LogP contribution in [-0.4, -0.2) is 4.57 Å². The average molecular weight is 489 g/mol. The standard InChI is InChI=1S/C33H20N4O/c1-33-17-24(20-8-4-2-5-9-20)16-27(21-10-6-3-7-11-21)30(33)36-31-25-14-12-22(18-34)28-23(19-35)13-15-26(29(25)28)32(38)37(31)33/h2-16H,17H2,1H3. The molecule has 4 aromatic carbocycles. The number of allylic oxidation sites excluding steroid dienone is 4. The van der Waals surface area contributed by atoms with Crippen molar-refractivity contribution in [3.05, 3.63) is 135 Å². The highest BCUT2D eigenvalue weighted by atomic mass is 16.1. The summed E-state index contributed by atoms with van der Waals surface area (Å²) < 4.78 is 1.83. The number of rotatable bonds is 2. The third-order valence-electron chi connectivity index (χ3n) is 7.85. The van der Waals surface area contributed by atoms with Gasteiger partial charge in [0.05, 0.1) is 34.5 Å². The lowest BCUT2D eigenvalue weighted by Crippen LogP contribution is -2.44. The molecule has 2 heterocycles. The number of aromatic nitrogens is 1. The lowest BCUT2D eigenvalue weighted by atomic mass is 9.78. The quantitative estimate of drug-likeness (QED) is 0.312. The van der Waals surface area contributed by atoms with Crippen LogP contribution in [-0.2, 0) is 5.54 Å². The third-order valence-corrected chi connectivity index (χ3v) is 7.85. The van der Waals surface area contributed by atoms with Gasteiger partial charge in [0.25, 0.3) is 5.56 Å². The molecule has 5 heteroatoms. The van der Waals surface area contributed by atoms with E-state index < -0.39 is 5.54 Å². The summed E-state index contributed by atoms with van der Waals surface area (Å²) in [6, 6.07) is 31.7. The summed E-state index contributed by atoms with van der Waals surface area (Å²) in [5, 5.41) is 22.0. The predicted octanol–water partition coefficient (Wildman–Crippen LogP) is 5.86. The van der Waals surface area contributed by atoms with Gasteiger partial charge >= 0.3 is 0 Å². The Morgan fingerprint density at radius 1 is 0.789 bits per heavy atom. The maximum Gasteiger partial charge on any atom is 0.260 e. The first kappa shape index (κ1) is 22.0. The maximum atomic E-state index is 14.3. The zero-order valence-electron chi connectivity index (χ0n) is 20.6. The highest BCUT2D eigenvalue weighted by Crippen LogP contribution is 2.47. The monoisotopic (exact) mass is 488 g/mol. The van der Waals surface area contributed by atoms with Crippen LogP contribution in [0.1, 0.15) is 35.6 Å². The summed E-state index contributed by atoms with van der Waals surface area (Å²) in [5.41, 5.74) is 5.55. The topological polar surface area (TPSA) is 81.9 Å². The van der Waals surface area contributed by atoms with Gasteiger partial charge in [-0.05, 0) is 54.0 Å². The van der Waals surface area contributed by atoms with E-state index in [1.807, 2.05) is 47.0 Å². The van der Waals surface area contributed by atoms with Crippen LogP contribution in [0, 0.1) is 22.7 Å². The average Bonchev–Trinajstić information content (AvgIpc) is 3.29. The number of benzene rings is 4. The summed E-state index contributed by atoms with van der Waals surface area (Å²) in [6.07, 6.45) is 2.80. The number of hydrogen-bond donors (Lipinski definition) is 0. The van der Waals surface area contributed by atoms with E-state index in [2.05, 4.69) is 49.4 Å². The molecule has 1 atom stereocenters. The molecule has 0 saturated carbocycles. The van der Waals surface area contributed by atoms with E-state index in [0.717, 1.165) is 33.4 Å². The molecule has 1 aromatic heterocycles.